The fraction of sp³-hybridized carbons (Fsp3) is 0.391. The summed E-state index contributed by atoms with van der Waals surface area (Å²) < 4.78 is 30.1. The molecule has 0 radical (unpaired) electrons. The lowest BCUT2D eigenvalue weighted by molar-refractivity contribution is -0.134. The summed E-state index contributed by atoms with van der Waals surface area (Å²) in [6.45, 7) is 3.25. The van der Waals surface area contributed by atoms with Gasteiger partial charge in [0.2, 0.25) is 5.91 Å². The van der Waals surface area contributed by atoms with E-state index in [4.69, 9.17) is 14.2 Å². The maximum atomic E-state index is 14.1. The molecule has 2 amide bonds. The van der Waals surface area contributed by atoms with E-state index < -0.39 is 11.9 Å². The Kier molecular flexibility index (Phi) is 6.85. The Labute approximate surface area is 195 Å². The number of carbonyl (C=O) groups is 2. The lowest BCUT2D eigenvalue weighted by Gasteiger charge is -2.30. The second kappa shape index (κ2) is 9.80. The van der Waals surface area contributed by atoms with E-state index >= 15 is 0 Å². The number of benzene rings is 1. The Morgan fingerprint density at radius 1 is 1.27 bits per heavy atom. The molecule has 2 aliphatic heterocycles. The third-order valence-electron chi connectivity index (χ3n) is 5.74. The molecule has 8 nitrogen and oxygen atoms in total. The lowest BCUT2D eigenvalue weighted by atomic mass is 10.1. The van der Waals surface area contributed by atoms with Crippen molar-refractivity contribution in [2.75, 3.05) is 39.2 Å². The van der Waals surface area contributed by atoms with Gasteiger partial charge in [-0.1, -0.05) is 0 Å². The average molecular weight is 476 g/mol. The second-order valence-corrected chi connectivity index (χ2v) is 8.84. The number of thiophene rings is 1. The first-order valence-electron chi connectivity index (χ1n) is 10.5. The van der Waals surface area contributed by atoms with Gasteiger partial charge in [0.1, 0.15) is 24.3 Å². The molecule has 1 N–H and O–H groups in total. The van der Waals surface area contributed by atoms with E-state index in [9.17, 15) is 14.0 Å². The number of carbonyl (C=O) groups excluding carboxylic acids is 2. The zero-order valence-electron chi connectivity index (χ0n) is 18.7. The van der Waals surface area contributed by atoms with Crippen molar-refractivity contribution in [2.45, 2.75) is 26.0 Å². The summed E-state index contributed by atoms with van der Waals surface area (Å²) >= 11 is 1.55. The van der Waals surface area contributed by atoms with Crippen molar-refractivity contribution in [1.29, 1.82) is 0 Å². The highest BCUT2D eigenvalue weighted by atomic mass is 32.1. The van der Waals surface area contributed by atoms with Crippen LogP contribution < -0.4 is 10.1 Å². The van der Waals surface area contributed by atoms with Crippen molar-refractivity contribution in [3.05, 3.63) is 51.6 Å². The number of nitrogens with zero attached hydrogens (tertiary/aromatic N) is 2. The maximum absolute atomic E-state index is 14.1. The molecule has 1 aromatic heterocycles. The van der Waals surface area contributed by atoms with Crippen LogP contribution in [-0.2, 0) is 20.8 Å². The number of fused-ring (bicyclic) bond motifs is 1. The van der Waals surface area contributed by atoms with E-state index in [0.717, 1.165) is 16.1 Å². The number of hydrogen-bond donors (Lipinski definition) is 1. The number of ether oxygens (including phenoxy) is 3. The van der Waals surface area contributed by atoms with Crippen LogP contribution in [-0.4, -0.2) is 61.8 Å². The molecule has 0 bridgehead atoms. The summed E-state index contributed by atoms with van der Waals surface area (Å²) in [4.78, 5) is 28.7. The molecular formula is C23H26FN3O5S. The summed E-state index contributed by atoms with van der Waals surface area (Å²) in [5, 5.41) is 5.32. The van der Waals surface area contributed by atoms with Crippen LogP contribution in [0.3, 0.4) is 0 Å². The molecule has 10 heteroatoms. The van der Waals surface area contributed by atoms with Gasteiger partial charge in [-0.3, -0.25) is 9.69 Å². The first kappa shape index (κ1) is 23.1. The molecule has 1 atom stereocenters. The number of anilines is 1. The SMILES string of the molecule is COCC(=O)N1CCC(Oc2cc(F)ccc2NC2=C(C)N(C(=O)OC)Cc3sccc32)C1. The van der Waals surface area contributed by atoms with Gasteiger partial charge >= 0.3 is 6.09 Å². The van der Waals surface area contributed by atoms with Gasteiger partial charge < -0.3 is 24.4 Å². The number of methoxy groups -OCH3 is 2. The van der Waals surface area contributed by atoms with Gasteiger partial charge in [-0.15, -0.1) is 11.3 Å². The topological polar surface area (TPSA) is 80.3 Å². The van der Waals surface area contributed by atoms with Crippen LogP contribution in [0.25, 0.3) is 5.70 Å². The largest absolute Gasteiger partial charge is 0.486 e. The predicted molar refractivity (Wildman–Crippen MR) is 122 cm³/mol. The van der Waals surface area contributed by atoms with Crippen molar-refractivity contribution in [1.82, 2.24) is 9.80 Å². The number of allylic oxidation sites excluding steroid dienone is 1. The van der Waals surface area contributed by atoms with Gasteiger partial charge in [-0.2, -0.15) is 0 Å². The highest BCUT2D eigenvalue weighted by molar-refractivity contribution is 7.10. The molecule has 0 spiro atoms. The van der Waals surface area contributed by atoms with E-state index in [-0.39, 0.29) is 18.6 Å². The van der Waals surface area contributed by atoms with E-state index in [1.165, 1.54) is 26.4 Å². The number of nitrogens with one attached hydrogen (secondary N) is 1. The Bertz CT molecular complexity index is 1090. The number of rotatable bonds is 6. The number of hydrogen-bond acceptors (Lipinski definition) is 7. The van der Waals surface area contributed by atoms with Gasteiger partial charge in [-0.25, -0.2) is 9.18 Å². The normalized spacial score (nSPS) is 17.8. The van der Waals surface area contributed by atoms with Crippen molar-refractivity contribution in [3.8, 4) is 5.75 Å². The zero-order chi connectivity index (χ0) is 23.5. The Morgan fingerprint density at radius 3 is 2.85 bits per heavy atom. The quantitative estimate of drug-likeness (QED) is 0.683. The van der Waals surface area contributed by atoms with Crippen LogP contribution in [0.2, 0.25) is 0 Å². The van der Waals surface area contributed by atoms with Gasteiger partial charge in [0, 0.05) is 42.3 Å². The van der Waals surface area contributed by atoms with Crippen molar-refractivity contribution in [3.63, 3.8) is 0 Å². The predicted octanol–water partition coefficient (Wildman–Crippen LogP) is 3.90. The number of amides is 2. The third kappa shape index (κ3) is 4.81. The van der Waals surface area contributed by atoms with Crippen LogP contribution in [0, 0.1) is 5.82 Å². The minimum atomic E-state index is -0.451. The van der Waals surface area contributed by atoms with Gasteiger partial charge in [-0.05, 0) is 30.5 Å². The highest BCUT2D eigenvalue weighted by Crippen LogP contribution is 2.38. The first-order valence-corrected chi connectivity index (χ1v) is 11.4. The Balaban J connectivity index is 1.59. The molecule has 1 aromatic carbocycles. The average Bonchev–Trinajstić information content (AvgIpc) is 3.46. The van der Waals surface area contributed by atoms with Crippen molar-refractivity contribution < 1.29 is 28.2 Å². The molecule has 33 heavy (non-hydrogen) atoms. The molecule has 176 valence electrons. The van der Waals surface area contributed by atoms with Gasteiger partial charge in [0.25, 0.3) is 0 Å². The fourth-order valence-corrected chi connectivity index (χ4v) is 4.89. The van der Waals surface area contributed by atoms with E-state index in [1.54, 1.807) is 27.2 Å². The van der Waals surface area contributed by atoms with Crippen molar-refractivity contribution in [2.24, 2.45) is 0 Å². The van der Waals surface area contributed by atoms with Gasteiger partial charge in [0.15, 0.2) is 0 Å². The smallest absolute Gasteiger partial charge is 0.414 e. The van der Waals surface area contributed by atoms with Crippen LogP contribution in [0.4, 0.5) is 14.9 Å². The Morgan fingerprint density at radius 2 is 2.09 bits per heavy atom. The molecule has 1 unspecified atom stereocenters. The lowest BCUT2D eigenvalue weighted by Crippen LogP contribution is -2.33. The Hall–Kier alpha value is -3.11. The van der Waals surface area contributed by atoms with Crippen molar-refractivity contribution >= 4 is 34.7 Å². The molecule has 0 aliphatic carbocycles. The molecule has 1 saturated heterocycles. The number of likely N-dealkylation sites (tertiary alicyclic amines) is 1. The van der Waals surface area contributed by atoms with Crippen LogP contribution >= 0.6 is 11.3 Å². The summed E-state index contributed by atoms with van der Waals surface area (Å²) in [7, 11) is 2.83. The zero-order valence-corrected chi connectivity index (χ0v) is 19.5. The molecule has 4 rings (SSSR count). The molecule has 0 saturated carbocycles. The summed E-state index contributed by atoms with van der Waals surface area (Å²) in [5.74, 6) is -0.187. The number of halogens is 1. The highest BCUT2D eigenvalue weighted by Gasteiger charge is 2.30. The van der Waals surface area contributed by atoms with Gasteiger partial charge in [0.05, 0.1) is 31.6 Å². The fourth-order valence-electron chi connectivity index (χ4n) is 4.02. The molecule has 1 fully saturated rings. The van der Waals surface area contributed by atoms with Crippen LogP contribution in [0.1, 0.15) is 23.8 Å². The summed E-state index contributed by atoms with van der Waals surface area (Å²) in [5.41, 5.74) is 2.96. The third-order valence-corrected chi connectivity index (χ3v) is 6.65. The minimum absolute atomic E-state index is 0.0204. The molecule has 3 heterocycles. The van der Waals surface area contributed by atoms with Crippen LogP contribution in [0.5, 0.6) is 5.75 Å². The molecule has 2 aromatic rings. The van der Waals surface area contributed by atoms with E-state index in [1.807, 2.05) is 18.4 Å². The first-order chi connectivity index (χ1) is 15.9. The summed E-state index contributed by atoms with van der Waals surface area (Å²) in [6.07, 6.45) is -0.0798. The second-order valence-electron chi connectivity index (χ2n) is 7.84. The van der Waals surface area contributed by atoms with Crippen LogP contribution in [0.15, 0.2) is 35.3 Å². The standard InChI is InChI=1S/C23H26FN3O5S/c1-14-22(17-7-9-33-20(17)12-27(14)23(29)31-3)25-18-5-4-15(24)10-19(18)32-16-6-8-26(11-16)21(28)13-30-2/h4-5,7,9-10,16,25H,6,8,11-13H2,1-3H3. The molecule has 2 aliphatic rings. The minimum Gasteiger partial charge on any atom is -0.486 e. The summed E-state index contributed by atoms with van der Waals surface area (Å²) in [6, 6.07) is 6.27. The molecular weight excluding hydrogens is 449 g/mol. The van der Waals surface area contributed by atoms with E-state index in [0.29, 0.717) is 43.2 Å². The van der Waals surface area contributed by atoms with E-state index in [2.05, 4.69) is 5.32 Å². The monoisotopic (exact) mass is 475 g/mol. The maximum Gasteiger partial charge on any atom is 0.414 e.